The molecule has 0 aliphatic heterocycles. The van der Waals surface area contributed by atoms with Crippen molar-refractivity contribution in [3.05, 3.63) is 65.5 Å². The zero-order chi connectivity index (χ0) is 13.7. The largest absolute Gasteiger partial charge is 0.507 e. The van der Waals surface area contributed by atoms with Gasteiger partial charge < -0.3 is 10.4 Å². The molecular weight excluding hydrogens is 245 g/mol. The fourth-order valence-electron chi connectivity index (χ4n) is 1.79. The molecule has 2 aromatic rings. The molecule has 0 aliphatic rings. The molecule has 0 aliphatic carbocycles. The molecule has 2 rings (SSSR count). The number of phenols is 1. The number of carbonyl (C=O) groups is 1. The van der Waals surface area contributed by atoms with Crippen LogP contribution in [-0.4, -0.2) is 17.6 Å². The number of hydrogen-bond donors (Lipinski definition) is 2. The van der Waals surface area contributed by atoms with Gasteiger partial charge in [-0.2, -0.15) is 0 Å². The minimum atomic E-state index is -0.725. The maximum atomic E-state index is 13.4. The predicted octanol–water partition coefficient (Wildman–Crippen LogP) is 2.50. The molecule has 98 valence electrons. The number of amides is 1. The van der Waals surface area contributed by atoms with Crippen molar-refractivity contribution < 1.29 is 14.3 Å². The molecule has 0 saturated heterocycles. The zero-order valence-electron chi connectivity index (χ0n) is 10.3. The van der Waals surface area contributed by atoms with Gasteiger partial charge in [-0.25, -0.2) is 4.39 Å². The Kier molecular flexibility index (Phi) is 4.13. The first kappa shape index (κ1) is 13.1. The van der Waals surface area contributed by atoms with Crippen molar-refractivity contribution in [2.24, 2.45) is 0 Å². The molecule has 0 unspecified atom stereocenters. The quantitative estimate of drug-likeness (QED) is 0.886. The molecule has 0 spiro atoms. The first-order valence-electron chi connectivity index (χ1n) is 5.98. The van der Waals surface area contributed by atoms with Gasteiger partial charge >= 0.3 is 0 Å². The van der Waals surface area contributed by atoms with Gasteiger partial charge in [0.05, 0.1) is 0 Å². The maximum absolute atomic E-state index is 13.4. The number of phenolic OH excluding ortho intramolecular Hbond substituents is 1. The Bertz CT molecular complexity index is 549. The van der Waals surface area contributed by atoms with Gasteiger partial charge in [0.25, 0.3) is 5.91 Å². The van der Waals surface area contributed by atoms with Crippen LogP contribution >= 0.6 is 0 Å². The van der Waals surface area contributed by atoms with E-state index in [1.54, 1.807) is 0 Å². The van der Waals surface area contributed by atoms with Gasteiger partial charge in [-0.05, 0) is 24.1 Å². The van der Waals surface area contributed by atoms with Crippen LogP contribution < -0.4 is 5.32 Å². The summed E-state index contributed by atoms with van der Waals surface area (Å²) in [4.78, 5) is 11.8. The Balaban J connectivity index is 1.95. The summed E-state index contributed by atoms with van der Waals surface area (Å²) < 4.78 is 13.4. The van der Waals surface area contributed by atoms with Crippen LogP contribution in [0.1, 0.15) is 15.9 Å². The number of hydrogen-bond acceptors (Lipinski definition) is 2. The average Bonchev–Trinajstić information content (AvgIpc) is 2.40. The smallest absolute Gasteiger partial charge is 0.258 e. The minimum absolute atomic E-state index is 0.310. The number of halogens is 1. The molecule has 0 radical (unpaired) electrons. The third kappa shape index (κ3) is 3.31. The van der Waals surface area contributed by atoms with E-state index < -0.39 is 11.7 Å². The van der Waals surface area contributed by atoms with Gasteiger partial charge in [-0.3, -0.25) is 4.79 Å². The van der Waals surface area contributed by atoms with Crippen molar-refractivity contribution >= 4 is 5.91 Å². The van der Waals surface area contributed by atoms with Gasteiger partial charge in [0.2, 0.25) is 0 Å². The molecule has 3 nitrogen and oxygen atoms in total. The number of aromatic hydroxyl groups is 1. The van der Waals surface area contributed by atoms with Gasteiger partial charge in [-0.15, -0.1) is 0 Å². The maximum Gasteiger partial charge on any atom is 0.258 e. The fourth-order valence-corrected chi connectivity index (χ4v) is 1.79. The van der Waals surface area contributed by atoms with E-state index in [2.05, 4.69) is 5.32 Å². The lowest BCUT2D eigenvalue weighted by Gasteiger charge is -2.07. The molecule has 2 aromatic carbocycles. The predicted molar refractivity (Wildman–Crippen MR) is 70.5 cm³/mol. The number of nitrogens with one attached hydrogen (secondary N) is 1. The standard InChI is InChI=1S/C15H14FNO2/c16-12-7-4-8-13(18)14(12)15(19)17-10-9-11-5-2-1-3-6-11/h1-8,18H,9-10H2,(H,17,19). The van der Waals surface area contributed by atoms with E-state index >= 15 is 0 Å². The summed E-state index contributed by atoms with van der Waals surface area (Å²) in [6.45, 7) is 0.386. The molecular formula is C15H14FNO2. The fraction of sp³-hybridized carbons (Fsp3) is 0.133. The lowest BCUT2D eigenvalue weighted by molar-refractivity contribution is 0.0947. The summed E-state index contributed by atoms with van der Waals surface area (Å²) in [6.07, 6.45) is 0.655. The monoisotopic (exact) mass is 259 g/mol. The SMILES string of the molecule is O=C(NCCc1ccccc1)c1c(O)cccc1F. The van der Waals surface area contributed by atoms with E-state index in [0.717, 1.165) is 11.6 Å². The van der Waals surface area contributed by atoms with Gasteiger partial charge in [0.1, 0.15) is 17.1 Å². The van der Waals surface area contributed by atoms with Gasteiger partial charge in [0.15, 0.2) is 0 Å². The number of benzene rings is 2. The van der Waals surface area contributed by atoms with Crippen molar-refractivity contribution in [3.63, 3.8) is 0 Å². The van der Waals surface area contributed by atoms with Crippen molar-refractivity contribution in [2.45, 2.75) is 6.42 Å². The lowest BCUT2D eigenvalue weighted by Crippen LogP contribution is -2.26. The summed E-state index contributed by atoms with van der Waals surface area (Å²) in [5, 5.41) is 12.1. The van der Waals surface area contributed by atoms with Crippen molar-refractivity contribution in [1.29, 1.82) is 0 Å². The van der Waals surface area contributed by atoms with Crippen molar-refractivity contribution in [3.8, 4) is 5.75 Å². The molecule has 4 heteroatoms. The Hall–Kier alpha value is -2.36. The average molecular weight is 259 g/mol. The van der Waals surface area contributed by atoms with Gasteiger partial charge in [-0.1, -0.05) is 36.4 Å². The van der Waals surface area contributed by atoms with Crippen molar-refractivity contribution in [2.75, 3.05) is 6.54 Å². The first-order valence-corrected chi connectivity index (χ1v) is 5.98. The molecule has 19 heavy (non-hydrogen) atoms. The number of carbonyl (C=O) groups excluding carboxylic acids is 1. The highest BCUT2D eigenvalue weighted by molar-refractivity contribution is 5.97. The summed E-state index contributed by atoms with van der Waals surface area (Å²) >= 11 is 0. The van der Waals surface area contributed by atoms with Crippen LogP contribution in [0.2, 0.25) is 0 Å². The van der Waals surface area contributed by atoms with Crippen LogP contribution in [0.15, 0.2) is 48.5 Å². The molecule has 0 aromatic heterocycles. The lowest BCUT2D eigenvalue weighted by atomic mass is 10.1. The Labute approximate surface area is 110 Å². The molecule has 0 saturated carbocycles. The van der Waals surface area contributed by atoms with Crippen molar-refractivity contribution in [1.82, 2.24) is 5.32 Å². The highest BCUT2D eigenvalue weighted by atomic mass is 19.1. The second-order valence-electron chi connectivity index (χ2n) is 4.13. The van der Waals surface area contributed by atoms with Crippen LogP contribution in [0.5, 0.6) is 5.75 Å². The summed E-state index contributed by atoms with van der Waals surface area (Å²) in [7, 11) is 0. The Morgan fingerprint density at radius 2 is 1.84 bits per heavy atom. The third-order valence-corrected chi connectivity index (χ3v) is 2.76. The molecule has 2 N–H and O–H groups in total. The van der Waals surface area contributed by atoms with E-state index in [1.165, 1.54) is 12.1 Å². The Morgan fingerprint density at radius 3 is 2.53 bits per heavy atom. The van der Waals surface area contributed by atoms with E-state index in [1.807, 2.05) is 30.3 Å². The third-order valence-electron chi connectivity index (χ3n) is 2.76. The number of rotatable bonds is 4. The highest BCUT2D eigenvalue weighted by Gasteiger charge is 2.15. The zero-order valence-corrected chi connectivity index (χ0v) is 10.3. The molecule has 0 heterocycles. The first-order chi connectivity index (χ1) is 9.18. The van der Waals surface area contributed by atoms with E-state index in [-0.39, 0.29) is 11.3 Å². The van der Waals surface area contributed by atoms with Crippen LogP contribution in [0.25, 0.3) is 0 Å². The Morgan fingerprint density at radius 1 is 1.11 bits per heavy atom. The molecule has 0 bridgehead atoms. The van der Waals surface area contributed by atoms with Crippen LogP contribution in [0, 0.1) is 5.82 Å². The van der Waals surface area contributed by atoms with E-state index in [4.69, 9.17) is 0 Å². The topological polar surface area (TPSA) is 49.3 Å². The summed E-state index contributed by atoms with van der Waals surface area (Å²) in [5.74, 6) is -1.68. The normalized spacial score (nSPS) is 10.2. The van der Waals surface area contributed by atoms with E-state index in [0.29, 0.717) is 13.0 Å². The highest BCUT2D eigenvalue weighted by Crippen LogP contribution is 2.19. The van der Waals surface area contributed by atoms with Crippen LogP contribution in [0.3, 0.4) is 0 Å². The molecule has 1 amide bonds. The summed E-state index contributed by atoms with van der Waals surface area (Å²) in [5.41, 5.74) is 0.774. The summed E-state index contributed by atoms with van der Waals surface area (Å²) in [6, 6.07) is 13.4. The molecule has 0 fully saturated rings. The van der Waals surface area contributed by atoms with E-state index in [9.17, 15) is 14.3 Å². The second kappa shape index (κ2) is 6.00. The molecule has 0 atom stereocenters. The van der Waals surface area contributed by atoms with Crippen LogP contribution in [-0.2, 0) is 6.42 Å². The second-order valence-corrected chi connectivity index (χ2v) is 4.13. The van der Waals surface area contributed by atoms with Crippen LogP contribution in [0.4, 0.5) is 4.39 Å². The minimum Gasteiger partial charge on any atom is -0.507 e. The van der Waals surface area contributed by atoms with Gasteiger partial charge in [0, 0.05) is 6.54 Å².